The third-order valence-corrected chi connectivity index (χ3v) is 5.17. The minimum absolute atomic E-state index is 0.0323. The number of nitrogens with zero attached hydrogens (tertiary/aromatic N) is 2. The van der Waals surface area contributed by atoms with E-state index < -0.39 is 0 Å². The monoisotopic (exact) mass is 358 g/mol. The van der Waals surface area contributed by atoms with Crippen molar-refractivity contribution in [2.45, 2.75) is 19.1 Å². The van der Waals surface area contributed by atoms with Crippen LogP contribution >= 0.6 is 0 Å². The molecule has 1 aromatic carbocycles. The number of likely N-dealkylation sites (tertiary alicyclic amines) is 1. The Morgan fingerprint density at radius 1 is 1.19 bits per heavy atom. The normalized spacial score (nSPS) is 23.7. The summed E-state index contributed by atoms with van der Waals surface area (Å²) in [6.45, 7) is 4.48. The van der Waals surface area contributed by atoms with Crippen LogP contribution < -0.4 is 0 Å². The minimum atomic E-state index is -0.307. The van der Waals surface area contributed by atoms with Crippen LogP contribution in [0.1, 0.15) is 11.3 Å². The van der Waals surface area contributed by atoms with Gasteiger partial charge in [-0.3, -0.25) is 9.69 Å². The molecule has 0 bridgehead atoms. The van der Waals surface area contributed by atoms with E-state index in [9.17, 15) is 9.18 Å². The zero-order chi connectivity index (χ0) is 17.9. The third kappa shape index (κ3) is 3.97. The summed E-state index contributed by atoms with van der Waals surface area (Å²) < 4.78 is 24.8. The fraction of sp³-hybridized carbons (Fsp3) is 0.450. The molecular weight excluding hydrogens is 335 g/mol. The lowest BCUT2D eigenvalue weighted by molar-refractivity contribution is -0.130. The van der Waals surface area contributed by atoms with Crippen molar-refractivity contribution >= 4 is 5.91 Å². The highest BCUT2D eigenvalue weighted by atomic mass is 19.1. The van der Waals surface area contributed by atoms with Crippen LogP contribution in [0.15, 0.2) is 47.1 Å². The van der Waals surface area contributed by atoms with Crippen LogP contribution in [-0.2, 0) is 22.5 Å². The molecule has 0 N–H and O–H groups in total. The van der Waals surface area contributed by atoms with Crippen LogP contribution in [0.25, 0.3) is 0 Å². The summed E-state index contributed by atoms with van der Waals surface area (Å²) in [6.07, 6.45) is 2.00. The van der Waals surface area contributed by atoms with Gasteiger partial charge in [-0.15, -0.1) is 0 Å². The minimum Gasteiger partial charge on any atom is -0.468 e. The maximum absolute atomic E-state index is 13.3. The molecule has 0 spiro atoms. The molecule has 4 rings (SSSR count). The number of fused-ring (bicyclic) bond motifs is 1. The van der Waals surface area contributed by atoms with Crippen molar-refractivity contribution in [1.29, 1.82) is 0 Å². The predicted molar refractivity (Wildman–Crippen MR) is 93.9 cm³/mol. The Bertz CT molecular complexity index is 749. The molecule has 1 aromatic heterocycles. The summed E-state index contributed by atoms with van der Waals surface area (Å²) in [5, 5.41) is 0. The molecule has 0 radical (unpaired) electrons. The first-order chi connectivity index (χ1) is 12.7. The average molecular weight is 358 g/mol. The molecule has 0 unspecified atom stereocenters. The van der Waals surface area contributed by atoms with E-state index in [2.05, 4.69) is 4.90 Å². The second kappa shape index (κ2) is 7.60. The highest BCUT2D eigenvalue weighted by molar-refractivity contribution is 5.79. The van der Waals surface area contributed by atoms with Crippen molar-refractivity contribution in [2.24, 2.45) is 5.92 Å². The van der Waals surface area contributed by atoms with Crippen LogP contribution in [0.4, 0.5) is 4.39 Å². The van der Waals surface area contributed by atoms with Crippen molar-refractivity contribution in [1.82, 2.24) is 9.80 Å². The third-order valence-electron chi connectivity index (χ3n) is 5.17. The smallest absolute Gasteiger partial charge is 0.227 e. The number of amides is 1. The Hall–Kier alpha value is -2.18. The van der Waals surface area contributed by atoms with Crippen molar-refractivity contribution in [2.75, 3.05) is 32.8 Å². The molecule has 2 saturated heterocycles. The van der Waals surface area contributed by atoms with Crippen LogP contribution in [0.5, 0.6) is 0 Å². The molecule has 2 aliphatic rings. The average Bonchev–Trinajstić information content (AvgIpc) is 3.22. The number of hydrogen-bond donors (Lipinski definition) is 0. The number of hydrogen-bond acceptors (Lipinski definition) is 4. The van der Waals surface area contributed by atoms with Gasteiger partial charge in [-0.2, -0.15) is 0 Å². The van der Waals surface area contributed by atoms with Gasteiger partial charge in [0.15, 0.2) is 0 Å². The van der Waals surface area contributed by atoms with Gasteiger partial charge in [-0.25, -0.2) is 4.39 Å². The van der Waals surface area contributed by atoms with E-state index >= 15 is 0 Å². The van der Waals surface area contributed by atoms with Gasteiger partial charge >= 0.3 is 0 Å². The molecule has 5 nitrogen and oxygen atoms in total. The lowest BCUT2D eigenvalue weighted by atomic mass is 10.1. The van der Waals surface area contributed by atoms with Crippen LogP contribution in [0, 0.1) is 11.7 Å². The molecule has 3 heterocycles. The topological polar surface area (TPSA) is 45.9 Å². The lowest BCUT2D eigenvalue weighted by Gasteiger charge is -2.22. The van der Waals surface area contributed by atoms with Gasteiger partial charge in [-0.05, 0) is 29.8 Å². The summed E-state index contributed by atoms with van der Waals surface area (Å²) in [6, 6.07) is 10.1. The summed E-state index contributed by atoms with van der Waals surface area (Å²) >= 11 is 0. The molecule has 0 aliphatic carbocycles. The number of carbonyl (C=O) groups is 1. The Morgan fingerprint density at radius 2 is 2.12 bits per heavy atom. The lowest BCUT2D eigenvalue weighted by Crippen LogP contribution is -2.34. The summed E-state index contributed by atoms with van der Waals surface area (Å²) in [4.78, 5) is 16.8. The first-order valence-corrected chi connectivity index (χ1v) is 9.06. The number of furan rings is 1. The van der Waals surface area contributed by atoms with Crippen molar-refractivity contribution in [3.63, 3.8) is 0 Å². The van der Waals surface area contributed by atoms with Crippen molar-refractivity contribution in [3.05, 3.63) is 59.8 Å². The first-order valence-electron chi connectivity index (χ1n) is 9.06. The van der Waals surface area contributed by atoms with Gasteiger partial charge in [-0.1, -0.05) is 12.1 Å². The van der Waals surface area contributed by atoms with Gasteiger partial charge in [0.2, 0.25) is 5.91 Å². The molecule has 1 amide bonds. The largest absolute Gasteiger partial charge is 0.468 e. The SMILES string of the molecule is O=C(Cc1cccc(F)c1)N1C[C@@H]2CN(Cc3ccco3)CCO[C@@H]2C1. The van der Waals surface area contributed by atoms with E-state index in [4.69, 9.17) is 9.15 Å². The second-order valence-corrected chi connectivity index (χ2v) is 7.09. The maximum atomic E-state index is 13.3. The zero-order valence-corrected chi connectivity index (χ0v) is 14.6. The van der Waals surface area contributed by atoms with Gasteiger partial charge in [0.1, 0.15) is 11.6 Å². The van der Waals surface area contributed by atoms with Gasteiger partial charge < -0.3 is 14.1 Å². The van der Waals surface area contributed by atoms with Gasteiger partial charge in [0, 0.05) is 32.1 Å². The van der Waals surface area contributed by atoms with Crippen LogP contribution in [0.3, 0.4) is 0 Å². The maximum Gasteiger partial charge on any atom is 0.227 e. The molecule has 138 valence electrons. The highest BCUT2D eigenvalue weighted by Crippen LogP contribution is 2.25. The molecule has 2 fully saturated rings. The molecule has 2 atom stereocenters. The van der Waals surface area contributed by atoms with E-state index in [-0.39, 0.29) is 24.2 Å². The van der Waals surface area contributed by atoms with E-state index in [0.29, 0.717) is 31.2 Å². The fourth-order valence-electron chi connectivity index (χ4n) is 3.87. The summed E-state index contributed by atoms with van der Waals surface area (Å²) in [5.74, 6) is 0.966. The second-order valence-electron chi connectivity index (χ2n) is 7.09. The number of rotatable bonds is 4. The number of ether oxygens (including phenoxy) is 1. The molecule has 2 aromatic rings. The Morgan fingerprint density at radius 3 is 2.92 bits per heavy atom. The van der Waals surface area contributed by atoms with E-state index in [1.54, 1.807) is 18.4 Å². The fourth-order valence-corrected chi connectivity index (χ4v) is 3.87. The molecule has 26 heavy (non-hydrogen) atoms. The van der Waals surface area contributed by atoms with E-state index in [0.717, 1.165) is 25.4 Å². The van der Waals surface area contributed by atoms with Crippen LogP contribution in [0.2, 0.25) is 0 Å². The predicted octanol–water partition coefficient (Wildman–Crippen LogP) is 2.32. The Balaban J connectivity index is 1.36. The standard InChI is InChI=1S/C20H23FN2O3/c21-17-4-1-3-15(9-17)10-20(24)23-12-16-11-22(6-8-26-19(16)14-23)13-18-5-2-7-25-18/h1-5,7,9,16,19H,6,8,10-14H2/t16-,19+/m0/s1. The molecular formula is C20H23FN2O3. The number of carbonyl (C=O) groups excluding carboxylic acids is 1. The van der Waals surface area contributed by atoms with Gasteiger partial charge in [0.05, 0.1) is 31.9 Å². The highest BCUT2D eigenvalue weighted by Gasteiger charge is 2.38. The summed E-state index contributed by atoms with van der Waals surface area (Å²) in [5.41, 5.74) is 0.711. The molecule has 6 heteroatoms. The van der Waals surface area contributed by atoms with Crippen molar-refractivity contribution < 1.29 is 18.3 Å². The van der Waals surface area contributed by atoms with E-state index in [1.807, 2.05) is 17.0 Å². The van der Waals surface area contributed by atoms with Crippen molar-refractivity contribution in [3.8, 4) is 0 Å². The summed E-state index contributed by atoms with van der Waals surface area (Å²) in [7, 11) is 0. The van der Waals surface area contributed by atoms with E-state index in [1.165, 1.54) is 12.1 Å². The molecule has 2 aliphatic heterocycles. The number of halogens is 1. The van der Waals surface area contributed by atoms with Gasteiger partial charge in [0.25, 0.3) is 0 Å². The zero-order valence-electron chi connectivity index (χ0n) is 14.6. The Labute approximate surface area is 152 Å². The Kier molecular flexibility index (Phi) is 5.04. The van der Waals surface area contributed by atoms with Crippen LogP contribution in [-0.4, -0.2) is 54.6 Å². The first kappa shape index (κ1) is 17.2. The quantitative estimate of drug-likeness (QED) is 0.842. The number of benzene rings is 1. The molecule has 0 saturated carbocycles.